The van der Waals surface area contributed by atoms with E-state index in [1.54, 1.807) is 4.90 Å². The number of likely N-dealkylation sites (tertiary alicyclic amines) is 1. The molecule has 3 N–H and O–H groups in total. The van der Waals surface area contributed by atoms with Gasteiger partial charge in [0, 0.05) is 12.1 Å². The molecule has 3 aliphatic heterocycles. The van der Waals surface area contributed by atoms with Gasteiger partial charge in [0.2, 0.25) is 17.7 Å². The number of ether oxygens (including phenoxy) is 1. The molecular weight excluding hydrogens is 470 g/mol. The lowest BCUT2D eigenvalue weighted by molar-refractivity contribution is -0.152. The second-order valence-electron chi connectivity index (χ2n) is 12.5. The first-order valence-electron chi connectivity index (χ1n) is 13.7. The predicted molar refractivity (Wildman–Crippen MR) is 140 cm³/mol. The SMILES string of the molecule is CC[C@@]12CCC3(O1)C(C(=O)NC(C)(C)C)N([C@@H](CO)CC(C)C)C(=O)[C@@H]3[C@@H]2C(=O)NCc1ccccc1. The molecule has 3 aliphatic rings. The summed E-state index contributed by atoms with van der Waals surface area (Å²) in [5.41, 5.74) is -1.43. The number of fused-ring (bicyclic) bond motifs is 1. The van der Waals surface area contributed by atoms with Crippen molar-refractivity contribution >= 4 is 17.7 Å². The van der Waals surface area contributed by atoms with E-state index in [-0.39, 0.29) is 30.2 Å². The molecule has 1 spiro atoms. The van der Waals surface area contributed by atoms with Crippen LogP contribution in [0.4, 0.5) is 0 Å². The van der Waals surface area contributed by atoms with Crippen LogP contribution in [0.2, 0.25) is 0 Å². The highest BCUT2D eigenvalue weighted by Crippen LogP contribution is 2.64. The van der Waals surface area contributed by atoms with Gasteiger partial charge in [-0.15, -0.1) is 0 Å². The van der Waals surface area contributed by atoms with Gasteiger partial charge in [0.1, 0.15) is 11.6 Å². The molecule has 8 nitrogen and oxygen atoms in total. The summed E-state index contributed by atoms with van der Waals surface area (Å²) in [5.74, 6) is -2.03. The Balaban J connectivity index is 1.73. The number of nitrogens with zero attached hydrogens (tertiary/aromatic N) is 1. The number of amides is 3. The van der Waals surface area contributed by atoms with Gasteiger partial charge in [-0.05, 0) is 57.9 Å². The molecular formula is C29H43N3O5. The van der Waals surface area contributed by atoms with Crippen molar-refractivity contribution in [2.45, 2.75) is 103 Å². The maximum atomic E-state index is 14.3. The monoisotopic (exact) mass is 513 g/mol. The number of benzene rings is 1. The summed E-state index contributed by atoms with van der Waals surface area (Å²) >= 11 is 0. The van der Waals surface area contributed by atoms with Crippen LogP contribution in [0.5, 0.6) is 0 Å². The third kappa shape index (κ3) is 4.78. The molecule has 1 aromatic carbocycles. The molecule has 3 heterocycles. The molecule has 1 aromatic rings. The largest absolute Gasteiger partial charge is 0.394 e. The van der Waals surface area contributed by atoms with Crippen LogP contribution >= 0.6 is 0 Å². The second-order valence-corrected chi connectivity index (χ2v) is 12.5. The lowest BCUT2D eigenvalue weighted by atomic mass is 9.65. The average molecular weight is 514 g/mol. The Kier molecular flexibility index (Phi) is 7.47. The lowest BCUT2D eigenvalue weighted by Crippen LogP contribution is -2.60. The Labute approximate surface area is 220 Å². The van der Waals surface area contributed by atoms with E-state index in [9.17, 15) is 19.5 Å². The number of aliphatic hydroxyl groups excluding tert-OH is 1. The summed E-state index contributed by atoms with van der Waals surface area (Å²) in [6.45, 7) is 11.8. The molecule has 37 heavy (non-hydrogen) atoms. The van der Waals surface area contributed by atoms with Gasteiger partial charge < -0.3 is 25.4 Å². The number of hydrogen-bond acceptors (Lipinski definition) is 5. The van der Waals surface area contributed by atoms with Crippen molar-refractivity contribution in [1.82, 2.24) is 15.5 Å². The van der Waals surface area contributed by atoms with E-state index in [1.807, 2.05) is 71.9 Å². The normalized spacial score (nSPS) is 31.5. The van der Waals surface area contributed by atoms with Gasteiger partial charge in [0.15, 0.2) is 0 Å². The fourth-order valence-corrected chi connectivity index (χ4v) is 6.90. The molecule has 0 radical (unpaired) electrons. The first-order chi connectivity index (χ1) is 17.4. The van der Waals surface area contributed by atoms with Gasteiger partial charge in [-0.25, -0.2) is 0 Å². The molecule has 3 amide bonds. The smallest absolute Gasteiger partial charge is 0.246 e. The van der Waals surface area contributed by atoms with E-state index in [4.69, 9.17) is 4.74 Å². The predicted octanol–water partition coefficient (Wildman–Crippen LogP) is 2.78. The van der Waals surface area contributed by atoms with Crippen LogP contribution in [0.1, 0.15) is 72.8 Å². The van der Waals surface area contributed by atoms with E-state index in [2.05, 4.69) is 10.6 Å². The molecule has 3 saturated heterocycles. The Morgan fingerprint density at radius 2 is 1.84 bits per heavy atom. The molecule has 6 atom stereocenters. The second kappa shape index (κ2) is 10.0. The zero-order valence-corrected chi connectivity index (χ0v) is 23.0. The maximum absolute atomic E-state index is 14.3. The molecule has 2 bridgehead atoms. The zero-order valence-electron chi connectivity index (χ0n) is 23.0. The van der Waals surface area contributed by atoms with E-state index in [0.29, 0.717) is 32.2 Å². The van der Waals surface area contributed by atoms with Crippen molar-refractivity contribution in [3.8, 4) is 0 Å². The summed E-state index contributed by atoms with van der Waals surface area (Å²) in [4.78, 5) is 43.5. The third-order valence-electron chi connectivity index (χ3n) is 8.30. The van der Waals surface area contributed by atoms with Gasteiger partial charge in [-0.3, -0.25) is 14.4 Å². The topological polar surface area (TPSA) is 108 Å². The van der Waals surface area contributed by atoms with Crippen molar-refractivity contribution in [2.24, 2.45) is 17.8 Å². The van der Waals surface area contributed by atoms with Crippen molar-refractivity contribution in [2.75, 3.05) is 6.61 Å². The average Bonchev–Trinajstić information content (AvgIpc) is 3.44. The van der Waals surface area contributed by atoms with E-state index < -0.39 is 40.7 Å². The van der Waals surface area contributed by atoms with Crippen molar-refractivity contribution in [3.63, 3.8) is 0 Å². The van der Waals surface area contributed by atoms with Crippen LogP contribution in [-0.4, -0.2) is 63.2 Å². The minimum atomic E-state index is -1.10. The highest BCUT2D eigenvalue weighted by Gasteiger charge is 2.79. The quantitative estimate of drug-likeness (QED) is 0.471. The summed E-state index contributed by atoms with van der Waals surface area (Å²) in [5, 5.41) is 16.5. The van der Waals surface area contributed by atoms with Crippen LogP contribution in [0.15, 0.2) is 30.3 Å². The highest BCUT2D eigenvalue weighted by molar-refractivity contribution is 5.99. The first-order valence-corrected chi connectivity index (χ1v) is 13.7. The summed E-state index contributed by atoms with van der Waals surface area (Å²) in [6, 6.07) is 8.23. The Morgan fingerprint density at radius 1 is 1.16 bits per heavy atom. The summed E-state index contributed by atoms with van der Waals surface area (Å²) in [7, 11) is 0. The van der Waals surface area contributed by atoms with Crippen molar-refractivity contribution in [3.05, 3.63) is 35.9 Å². The number of nitrogens with one attached hydrogen (secondary N) is 2. The van der Waals surface area contributed by atoms with Gasteiger partial charge in [0.05, 0.1) is 30.1 Å². The van der Waals surface area contributed by atoms with E-state index >= 15 is 0 Å². The maximum Gasteiger partial charge on any atom is 0.246 e. The van der Waals surface area contributed by atoms with Gasteiger partial charge in [0.25, 0.3) is 0 Å². The van der Waals surface area contributed by atoms with Crippen LogP contribution in [-0.2, 0) is 25.7 Å². The van der Waals surface area contributed by atoms with Crippen molar-refractivity contribution < 1.29 is 24.2 Å². The number of carbonyl (C=O) groups is 3. The number of rotatable bonds is 9. The molecule has 3 fully saturated rings. The molecule has 4 rings (SSSR count). The fraction of sp³-hybridized carbons (Fsp3) is 0.690. The molecule has 8 heteroatoms. The zero-order chi connectivity index (χ0) is 27.2. The van der Waals surface area contributed by atoms with Crippen LogP contribution in [0.3, 0.4) is 0 Å². The van der Waals surface area contributed by atoms with E-state index in [0.717, 1.165) is 5.56 Å². The molecule has 0 aromatic heterocycles. The number of aliphatic hydroxyl groups is 1. The van der Waals surface area contributed by atoms with Crippen LogP contribution in [0, 0.1) is 17.8 Å². The minimum Gasteiger partial charge on any atom is -0.394 e. The molecule has 0 saturated carbocycles. The van der Waals surface area contributed by atoms with Gasteiger partial charge in [-0.2, -0.15) is 0 Å². The van der Waals surface area contributed by atoms with Crippen LogP contribution < -0.4 is 10.6 Å². The lowest BCUT2D eigenvalue weighted by Gasteiger charge is -2.39. The molecule has 204 valence electrons. The fourth-order valence-electron chi connectivity index (χ4n) is 6.90. The summed E-state index contributed by atoms with van der Waals surface area (Å²) < 4.78 is 6.79. The van der Waals surface area contributed by atoms with Gasteiger partial charge >= 0.3 is 0 Å². The molecule has 0 aliphatic carbocycles. The first kappa shape index (κ1) is 27.6. The minimum absolute atomic E-state index is 0.207. The van der Waals surface area contributed by atoms with Gasteiger partial charge in [-0.1, -0.05) is 51.1 Å². The standard InChI is InChI=1S/C29H43N3O5/c1-7-28-13-14-29(37-28)22(21(28)24(34)30-16-19-11-9-8-10-12-19)26(36)32(20(17-33)15-18(2)3)23(29)25(35)31-27(4,5)6/h8-12,18,20-23,33H,7,13-17H2,1-6H3,(H,30,34)(H,31,35)/t20-,21-,22+,23?,28+,29?/m1/s1. The number of carbonyl (C=O) groups excluding carboxylic acids is 3. The highest BCUT2D eigenvalue weighted by atomic mass is 16.5. The Hall–Kier alpha value is -2.45. The Morgan fingerprint density at radius 3 is 2.41 bits per heavy atom. The van der Waals surface area contributed by atoms with Crippen molar-refractivity contribution in [1.29, 1.82) is 0 Å². The Bertz CT molecular complexity index is 1020. The third-order valence-corrected chi connectivity index (χ3v) is 8.30. The van der Waals surface area contributed by atoms with Crippen LogP contribution in [0.25, 0.3) is 0 Å². The summed E-state index contributed by atoms with van der Waals surface area (Å²) in [6.07, 6.45) is 2.26. The molecule has 2 unspecified atom stereocenters. The number of hydrogen-bond donors (Lipinski definition) is 3. The van der Waals surface area contributed by atoms with E-state index in [1.165, 1.54) is 0 Å².